The maximum atomic E-state index is 14.0. The third-order valence-corrected chi connectivity index (χ3v) is 5.75. The Bertz CT molecular complexity index is 712. The van der Waals surface area contributed by atoms with Crippen LogP contribution < -0.4 is 0 Å². The molecular formula is C21H27FN2OS. The van der Waals surface area contributed by atoms with Crippen LogP contribution in [0.2, 0.25) is 0 Å². The Morgan fingerprint density at radius 3 is 2.73 bits per heavy atom. The van der Waals surface area contributed by atoms with Crippen molar-refractivity contribution in [1.82, 2.24) is 9.80 Å². The predicted molar refractivity (Wildman–Crippen MR) is 106 cm³/mol. The quantitative estimate of drug-likeness (QED) is 0.749. The molecule has 0 amide bonds. The van der Waals surface area contributed by atoms with Crippen molar-refractivity contribution in [2.24, 2.45) is 0 Å². The second-order valence-electron chi connectivity index (χ2n) is 6.81. The Morgan fingerprint density at radius 2 is 1.96 bits per heavy atom. The van der Waals surface area contributed by atoms with Gasteiger partial charge < -0.3 is 5.11 Å². The molecule has 0 radical (unpaired) electrons. The van der Waals surface area contributed by atoms with Gasteiger partial charge in [-0.15, -0.1) is 11.8 Å². The van der Waals surface area contributed by atoms with Crippen LogP contribution in [0, 0.1) is 5.82 Å². The number of piperazine rings is 1. The lowest BCUT2D eigenvalue weighted by molar-refractivity contribution is 0.0493. The van der Waals surface area contributed by atoms with Crippen molar-refractivity contribution >= 4 is 11.8 Å². The minimum Gasteiger partial charge on any atom is -0.396 e. The van der Waals surface area contributed by atoms with Crippen LogP contribution in [0.1, 0.15) is 17.5 Å². The molecule has 0 aliphatic carbocycles. The molecule has 0 aromatic heterocycles. The normalized spacial score (nSPS) is 19.0. The number of nitrogens with zero attached hydrogens (tertiary/aromatic N) is 2. The second kappa shape index (κ2) is 9.51. The fourth-order valence-corrected chi connectivity index (χ4v) is 4.09. The van der Waals surface area contributed by atoms with Gasteiger partial charge in [-0.05, 0) is 36.4 Å². The van der Waals surface area contributed by atoms with Crippen molar-refractivity contribution in [2.75, 3.05) is 32.5 Å². The maximum Gasteiger partial charge on any atom is 0.127 e. The van der Waals surface area contributed by atoms with Gasteiger partial charge in [0.15, 0.2) is 0 Å². The monoisotopic (exact) mass is 374 g/mol. The van der Waals surface area contributed by atoms with Gasteiger partial charge >= 0.3 is 0 Å². The number of hydrogen-bond donors (Lipinski definition) is 1. The van der Waals surface area contributed by atoms with Crippen LogP contribution in [0.25, 0.3) is 0 Å². The highest BCUT2D eigenvalue weighted by Crippen LogP contribution is 2.21. The number of thioether (sulfide) groups is 1. The summed E-state index contributed by atoms with van der Waals surface area (Å²) in [5, 5.41) is 9.48. The van der Waals surface area contributed by atoms with Gasteiger partial charge in [-0.1, -0.05) is 30.3 Å². The summed E-state index contributed by atoms with van der Waals surface area (Å²) in [6.07, 6.45) is 2.81. The molecule has 0 saturated carbocycles. The average Bonchev–Trinajstić information content (AvgIpc) is 2.66. The van der Waals surface area contributed by atoms with Crippen LogP contribution in [0.15, 0.2) is 53.4 Å². The summed E-state index contributed by atoms with van der Waals surface area (Å²) in [5.74, 6) is -0.147. The lowest BCUT2D eigenvalue weighted by Gasteiger charge is -2.41. The molecule has 1 fully saturated rings. The van der Waals surface area contributed by atoms with E-state index < -0.39 is 0 Å². The fraction of sp³-hybridized carbons (Fsp3) is 0.429. The molecule has 2 aromatic carbocycles. The van der Waals surface area contributed by atoms with Crippen molar-refractivity contribution in [3.63, 3.8) is 0 Å². The van der Waals surface area contributed by atoms with E-state index >= 15 is 0 Å². The third-order valence-electron chi connectivity index (χ3n) is 5.02. The van der Waals surface area contributed by atoms with E-state index in [1.165, 1.54) is 16.5 Å². The minimum absolute atomic E-state index is 0.147. The Morgan fingerprint density at radius 1 is 1.12 bits per heavy atom. The Kier molecular flexibility index (Phi) is 7.08. The van der Waals surface area contributed by atoms with E-state index in [4.69, 9.17) is 0 Å². The lowest BCUT2D eigenvalue weighted by atomic mass is 10.1. The lowest BCUT2D eigenvalue weighted by Crippen LogP contribution is -2.52. The van der Waals surface area contributed by atoms with Crippen molar-refractivity contribution in [2.45, 2.75) is 30.4 Å². The van der Waals surface area contributed by atoms with Crippen molar-refractivity contribution < 1.29 is 9.50 Å². The first kappa shape index (κ1) is 19.4. The zero-order valence-electron chi connectivity index (χ0n) is 15.3. The fourth-order valence-electron chi connectivity index (χ4n) is 3.61. The molecule has 2 aromatic rings. The smallest absolute Gasteiger partial charge is 0.127 e. The Balaban J connectivity index is 1.64. The number of hydrogen-bond acceptors (Lipinski definition) is 4. The predicted octanol–water partition coefficient (Wildman–Crippen LogP) is 3.62. The molecule has 1 aliphatic heterocycles. The molecule has 3 rings (SSSR count). The minimum atomic E-state index is -0.147. The van der Waals surface area contributed by atoms with Gasteiger partial charge in [0.2, 0.25) is 0 Å². The van der Waals surface area contributed by atoms with Crippen LogP contribution in [0.5, 0.6) is 0 Å². The van der Waals surface area contributed by atoms with Crippen LogP contribution >= 0.6 is 11.8 Å². The number of aliphatic hydroxyl groups excluding tert-OH is 1. The average molecular weight is 375 g/mol. The van der Waals surface area contributed by atoms with Gasteiger partial charge in [0.25, 0.3) is 0 Å². The standard InChI is InChI=1S/C21H27FN2OS/c1-26-20-7-4-5-17(13-20)14-23-10-11-24(19(16-23)9-12-25)15-18-6-2-3-8-21(18)22/h2-8,13,19,25H,9-12,14-16H2,1H3/t19-/m0/s1. The largest absolute Gasteiger partial charge is 0.396 e. The second-order valence-corrected chi connectivity index (χ2v) is 7.69. The maximum absolute atomic E-state index is 14.0. The number of benzene rings is 2. The molecule has 1 atom stereocenters. The van der Waals surface area contributed by atoms with Gasteiger partial charge in [0.1, 0.15) is 5.82 Å². The molecule has 1 aliphatic rings. The first-order valence-electron chi connectivity index (χ1n) is 9.13. The van der Waals surface area contributed by atoms with Gasteiger partial charge in [-0.3, -0.25) is 9.80 Å². The van der Waals surface area contributed by atoms with E-state index in [-0.39, 0.29) is 18.5 Å². The van der Waals surface area contributed by atoms with Gasteiger partial charge in [0.05, 0.1) is 0 Å². The molecule has 0 spiro atoms. The van der Waals surface area contributed by atoms with Gasteiger partial charge in [-0.25, -0.2) is 4.39 Å². The third kappa shape index (κ3) is 5.07. The van der Waals surface area contributed by atoms with Gasteiger partial charge in [0, 0.05) is 55.8 Å². The summed E-state index contributed by atoms with van der Waals surface area (Å²) in [6, 6.07) is 15.9. The Hall–Kier alpha value is -1.40. The molecular weight excluding hydrogens is 347 g/mol. The highest BCUT2D eigenvalue weighted by Gasteiger charge is 2.27. The topological polar surface area (TPSA) is 26.7 Å². The molecule has 3 nitrogen and oxygen atoms in total. The highest BCUT2D eigenvalue weighted by molar-refractivity contribution is 7.98. The van der Waals surface area contributed by atoms with Crippen LogP contribution in [-0.2, 0) is 13.1 Å². The molecule has 26 heavy (non-hydrogen) atoms. The summed E-state index contributed by atoms with van der Waals surface area (Å²) >= 11 is 1.76. The summed E-state index contributed by atoms with van der Waals surface area (Å²) in [7, 11) is 0. The van der Waals surface area contributed by atoms with Crippen molar-refractivity contribution in [1.29, 1.82) is 0 Å². The summed E-state index contributed by atoms with van der Waals surface area (Å²) < 4.78 is 14.0. The molecule has 1 saturated heterocycles. The molecule has 0 bridgehead atoms. The molecule has 1 heterocycles. The van der Waals surface area contributed by atoms with Crippen molar-refractivity contribution in [3.8, 4) is 0 Å². The van der Waals surface area contributed by atoms with E-state index in [0.717, 1.165) is 38.2 Å². The highest BCUT2D eigenvalue weighted by atomic mass is 32.2. The zero-order chi connectivity index (χ0) is 18.4. The van der Waals surface area contributed by atoms with Gasteiger partial charge in [-0.2, -0.15) is 0 Å². The number of aliphatic hydroxyl groups is 1. The van der Waals surface area contributed by atoms with Crippen LogP contribution in [0.4, 0.5) is 4.39 Å². The van der Waals surface area contributed by atoms with E-state index in [0.29, 0.717) is 6.54 Å². The van der Waals surface area contributed by atoms with Crippen LogP contribution in [0.3, 0.4) is 0 Å². The zero-order valence-corrected chi connectivity index (χ0v) is 16.1. The Labute approximate surface area is 159 Å². The SMILES string of the molecule is CSc1cccc(CN2CCN(Cc3ccccc3F)[C@@H](CCO)C2)c1. The van der Waals surface area contributed by atoms with E-state index in [2.05, 4.69) is 40.3 Å². The molecule has 140 valence electrons. The molecule has 0 unspecified atom stereocenters. The summed E-state index contributed by atoms with van der Waals surface area (Å²) in [6.45, 7) is 4.44. The first-order chi connectivity index (χ1) is 12.7. The van der Waals surface area contributed by atoms with Crippen LogP contribution in [-0.4, -0.2) is 53.4 Å². The molecule has 5 heteroatoms. The van der Waals surface area contributed by atoms with Crippen molar-refractivity contribution in [3.05, 3.63) is 65.5 Å². The van der Waals surface area contributed by atoms with E-state index in [1.54, 1.807) is 17.8 Å². The summed E-state index contributed by atoms with van der Waals surface area (Å²) in [4.78, 5) is 6.04. The number of rotatable bonds is 7. The first-order valence-corrected chi connectivity index (χ1v) is 10.4. The summed E-state index contributed by atoms with van der Waals surface area (Å²) in [5.41, 5.74) is 2.05. The van der Waals surface area contributed by atoms with E-state index in [9.17, 15) is 9.50 Å². The number of halogens is 1. The molecule has 1 N–H and O–H groups in total. The van der Waals surface area contributed by atoms with E-state index in [1.807, 2.05) is 12.1 Å².